The Labute approximate surface area is 95.0 Å². The lowest BCUT2D eigenvalue weighted by Crippen LogP contribution is -2.35. The van der Waals surface area contributed by atoms with Crippen molar-refractivity contribution in [2.75, 3.05) is 6.54 Å². The normalized spacial score (nSPS) is 24.6. The van der Waals surface area contributed by atoms with Crippen LogP contribution in [-0.4, -0.2) is 28.3 Å². The maximum atomic E-state index is 11.7. The number of aryl methyl sites for hydroxylation is 1. The van der Waals surface area contributed by atoms with Crippen molar-refractivity contribution in [2.45, 2.75) is 25.3 Å². The van der Waals surface area contributed by atoms with Gasteiger partial charge >= 0.3 is 0 Å². The molecule has 1 aliphatic rings. The molecule has 88 valence electrons. The van der Waals surface area contributed by atoms with E-state index < -0.39 is 0 Å². The van der Waals surface area contributed by atoms with Gasteiger partial charge in [-0.3, -0.25) is 9.48 Å². The maximum Gasteiger partial charge on any atom is 0.254 e. The third-order valence-electron chi connectivity index (χ3n) is 3.21. The highest BCUT2D eigenvalue weighted by atomic mass is 16.1. The first-order chi connectivity index (χ1) is 7.66. The Kier molecular flexibility index (Phi) is 3.24. The molecule has 1 aromatic rings. The lowest BCUT2D eigenvalue weighted by atomic mass is 10.0. The zero-order chi connectivity index (χ0) is 11.5. The van der Waals surface area contributed by atoms with Crippen LogP contribution in [0.5, 0.6) is 0 Å². The molecule has 1 saturated carbocycles. The molecule has 0 aliphatic heterocycles. The standard InChI is InChI=1S/C11H18N4O/c1-15-7-9(6-14-15)11(16)13-5-8-3-2-4-10(8)12/h6-8,10H,2-5,12H2,1H3,(H,13,16). The highest BCUT2D eigenvalue weighted by molar-refractivity contribution is 5.93. The van der Waals surface area contributed by atoms with E-state index in [1.807, 2.05) is 0 Å². The van der Waals surface area contributed by atoms with Crippen molar-refractivity contribution < 1.29 is 4.79 Å². The van der Waals surface area contributed by atoms with Crippen LogP contribution in [0.15, 0.2) is 12.4 Å². The number of amides is 1. The van der Waals surface area contributed by atoms with Gasteiger partial charge in [-0.25, -0.2) is 0 Å². The van der Waals surface area contributed by atoms with Gasteiger partial charge in [0.25, 0.3) is 5.91 Å². The van der Waals surface area contributed by atoms with Crippen LogP contribution < -0.4 is 11.1 Å². The highest BCUT2D eigenvalue weighted by Gasteiger charge is 2.24. The Morgan fingerprint density at radius 1 is 1.69 bits per heavy atom. The summed E-state index contributed by atoms with van der Waals surface area (Å²) in [5.74, 6) is 0.368. The van der Waals surface area contributed by atoms with Crippen LogP contribution >= 0.6 is 0 Å². The minimum atomic E-state index is -0.0628. The van der Waals surface area contributed by atoms with Crippen molar-refractivity contribution in [2.24, 2.45) is 18.7 Å². The van der Waals surface area contributed by atoms with Gasteiger partial charge in [0.1, 0.15) is 0 Å². The van der Waals surface area contributed by atoms with Crippen LogP contribution in [0.25, 0.3) is 0 Å². The number of aromatic nitrogens is 2. The molecule has 1 fully saturated rings. The predicted octanol–water partition coefficient (Wildman–Crippen LogP) is 0.277. The van der Waals surface area contributed by atoms with Crippen LogP contribution in [0.1, 0.15) is 29.6 Å². The van der Waals surface area contributed by atoms with Gasteiger partial charge in [0.05, 0.1) is 11.8 Å². The van der Waals surface area contributed by atoms with Crippen molar-refractivity contribution in [1.29, 1.82) is 0 Å². The van der Waals surface area contributed by atoms with E-state index in [0.717, 1.165) is 12.8 Å². The van der Waals surface area contributed by atoms with E-state index in [4.69, 9.17) is 5.73 Å². The number of nitrogens with two attached hydrogens (primary N) is 1. The molecule has 0 aromatic carbocycles. The molecule has 1 heterocycles. The zero-order valence-electron chi connectivity index (χ0n) is 9.52. The molecular weight excluding hydrogens is 204 g/mol. The summed E-state index contributed by atoms with van der Waals surface area (Å²) in [7, 11) is 1.80. The van der Waals surface area contributed by atoms with Crippen molar-refractivity contribution >= 4 is 5.91 Å². The second kappa shape index (κ2) is 4.65. The first kappa shape index (κ1) is 11.1. The summed E-state index contributed by atoms with van der Waals surface area (Å²) in [6.45, 7) is 0.675. The minimum absolute atomic E-state index is 0.0628. The molecule has 1 aromatic heterocycles. The Bertz CT molecular complexity index is 374. The van der Waals surface area contributed by atoms with Crippen LogP contribution in [0, 0.1) is 5.92 Å². The molecule has 5 heteroatoms. The van der Waals surface area contributed by atoms with E-state index >= 15 is 0 Å². The summed E-state index contributed by atoms with van der Waals surface area (Å²) in [6.07, 6.45) is 6.66. The summed E-state index contributed by atoms with van der Waals surface area (Å²) >= 11 is 0. The van der Waals surface area contributed by atoms with Gasteiger partial charge in [-0.1, -0.05) is 6.42 Å². The van der Waals surface area contributed by atoms with Crippen molar-refractivity contribution in [1.82, 2.24) is 15.1 Å². The molecule has 16 heavy (non-hydrogen) atoms. The van der Waals surface area contributed by atoms with E-state index in [-0.39, 0.29) is 11.9 Å². The molecule has 0 saturated heterocycles. The second-order valence-electron chi connectivity index (χ2n) is 4.47. The van der Waals surface area contributed by atoms with E-state index in [1.165, 1.54) is 6.42 Å². The van der Waals surface area contributed by atoms with E-state index in [1.54, 1.807) is 24.1 Å². The van der Waals surface area contributed by atoms with E-state index in [9.17, 15) is 4.79 Å². The molecule has 2 unspecified atom stereocenters. The quantitative estimate of drug-likeness (QED) is 0.771. The monoisotopic (exact) mass is 222 g/mol. The van der Waals surface area contributed by atoms with Crippen LogP contribution in [0.2, 0.25) is 0 Å². The van der Waals surface area contributed by atoms with Gasteiger partial charge in [-0.2, -0.15) is 5.10 Å². The minimum Gasteiger partial charge on any atom is -0.352 e. The van der Waals surface area contributed by atoms with Gasteiger partial charge in [0.2, 0.25) is 0 Å². The van der Waals surface area contributed by atoms with Gasteiger partial charge in [0.15, 0.2) is 0 Å². The molecular formula is C11H18N4O. The van der Waals surface area contributed by atoms with Gasteiger partial charge in [0, 0.05) is 25.8 Å². The number of hydrogen-bond acceptors (Lipinski definition) is 3. The number of nitrogens with zero attached hydrogens (tertiary/aromatic N) is 2. The zero-order valence-corrected chi connectivity index (χ0v) is 9.52. The maximum absolute atomic E-state index is 11.7. The van der Waals surface area contributed by atoms with Crippen LogP contribution in [0.4, 0.5) is 0 Å². The third kappa shape index (κ3) is 2.41. The van der Waals surface area contributed by atoms with Crippen LogP contribution in [-0.2, 0) is 7.05 Å². The van der Waals surface area contributed by atoms with Crippen molar-refractivity contribution in [3.8, 4) is 0 Å². The number of carbonyl (C=O) groups excluding carboxylic acids is 1. The summed E-state index contributed by atoms with van der Waals surface area (Å²) < 4.78 is 1.62. The molecule has 0 radical (unpaired) electrons. The molecule has 1 amide bonds. The van der Waals surface area contributed by atoms with Gasteiger partial charge in [-0.15, -0.1) is 0 Å². The molecule has 0 bridgehead atoms. The fourth-order valence-corrected chi connectivity index (χ4v) is 2.18. The fourth-order valence-electron chi connectivity index (χ4n) is 2.18. The molecule has 1 aliphatic carbocycles. The second-order valence-corrected chi connectivity index (χ2v) is 4.47. The van der Waals surface area contributed by atoms with E-state index in [2.05, 4.69) is 10.4 Å². The van der Waals surface area contributed by atoms with Crippen molar-refractivity contribution in [3.63, 3.8) is 0 Å². The lowest BCUT2D eigenvalue weighted by Gasteiger charge is -2.15. The molecule has 2 atom stereocenters. The number of nitrogens with one attached hydrogen (secondary N) is 1. The fraction of sp³-hybridized carbons (Fsp3) is 0.636. The first-order valence-electron chi connectivity index (χ1n) is 5.69. The SMILES string of the molecule is Cn1cc(C(=O)NCC2CCCC2N)cn1. The first-order valence-corrected chi connectivity index (χ1v) is 5.69. The Morgan fingerprint density at radius 3 is 3.06 bits per heavy atom. The molecule has 3 N–H and O–H groups in total. The summed E-state index contributed by atoms with van der Waals surface area (Å²) in [6, 6.07) is 0.245. The molecule has 0 spiro atoms. The Hall–Kier alpha value is -1.36. The van der Waals surface area contributed by atoms with Gasteiger partial charge < -0.3 is 11.1 Å². The highest BCUT2D eigenvalue weighted by Crippen LogP contribution is 2.23. The Balaban J connectivity index is 1.84. The lowest BCUT2D eigenvalue weighted by molar-refractivity contribution is 0.0946. The predicted molar refractivity (Wildman–Crippen MR) is 60.9 cm³/mol. The summed E-state index contributed by atoms with van der Waals surface area (Å²) in [4.78, 5) is 11.7. The van der Waals surface area contributed by atoms with E-state index in [0.29, 0.717) is 18.0 Å². The number of rotatable bonds is 3. The molecule has 5 nitrogen and oxygen atoms in total. The molecule has 2 rings (SSSR count). The average Bonchev–Trinajstić information content (AvgIpc) is 2.84. The average molecular weight is 222 g/mol. The third-order valence-corrected chi connectivity index (χ3v) is 3.21. The topological polar surface area (TPSA) is 72.9 Å². The number of hydrogen-bond donors (Lipinski definition) is 2. The van der Waals surface area contributed by atoms with Crippen LogP contribution in [0.3, 0.4) is 0 Å². The summed E-state index contributed by atoms with van der Waals surface area (Å²) in [5, 5.41) is 6.88. The largest absolute Gasteiger partial charge is 0.352 e. The Morgan fingerprint density at radius 2 is 2.50 bits per heavy atom. The summed E-state index contributed by atoms with van der Waals surface area (Å²) in [5.41, 5.74) is 6.55. The number of carbonyl (C=O) groups is 1. The smallest absolute Gasteiger partial charge is 0.254 e. The van der Waals surface area contributed by atoms with Crippen molar-refractivity contribution in [3.05, 3.63) is 18.0 Å². The van der Waals surface area contributed by atoms with Gasteiger partial charge in [-0.05, 0) is 18.8 Å².